The number of nitrogens with one attached hydrogen (secondary N) is 1. The molecule has 1 aromatic rings. The Balaban J connectivity index is 1.79. The minimum atomic E-state index is 0.229. The molecule has 0 saturated heterocycles. The molecule has 0 aliphatic carbocycles. The second kappa shape index (κ2) is 6.62. The van der Waals surface area contributed by atoms with Crippen LogP contribution in [0.1, 0.15) is 32.3 Å². The van der Waals surface area contributed by atoms with Gasteiger partial charge in [0.25, 0.3) is 0 Å². The molecule has 1 aromatic carbocycles. The van der Waals surface area contributed by atoms with E-state index in [4.69, 9.17) is 16.3 Å². The van der Waals surface area contributed by atoms with E-state index >= 15 is 0 Å². The molecule has 0 fully saturated rings. The lowest BCUT2D eigenvalue weighted by Gasteiger charge is -2.30. The van der Waals surface area contributed by atoms with E-state index in [1.54, 1.807) is 0 Å². The van der Waals surface area contributed by atoms with Crippen LogP contribution in [0.25, 0.3) is 0 Å². The molecule has 2 nitrogen and oxygen atoms in total. The van der Waals surface area contributed by atoms with Gasteiger partial charge in [-0.25, -0.2) is 0 Å². The predicted octanol–water partition coefficient (Wildman–Crippen LogP) is 3.62. The van der Waals surface area contributed by atoms with E-state index in [0.29, 0.717) is 0 Å². The van der Waals surface area contributed by atoms with Crippen LogP contribution in [0.15, 0.2) is 24.3 Å². The first-order chi connectivity index (χ1) is 9.23. The second-order valence-corrected chi connectivity index (χ2v) is 5.79. The summed E-state index contributed by atoms with van der Waals surface area (Å²) in [5.41, 5.74) is 1.55. The zero-order chi connectivity index (χ0) is 13.7. The Labute approximate surface area is 121 Å². The van der Waals surface area contributed by atoms with E-state index in [1.807, 2.05) is 6.07 Å². The van der Waals surface area contributed by atoms with Crippen molar-refractivity contribution in [1.82, 2.24) is 5.32 Å². The van der Waals surface area contributed by atoms with Crippen molar-refractivity contribution in [2.24, 2.45) is 5.41 Å². The van der Waals surface area contributed by atoms with Crippen LogP contribution in [-0.4, -0.2) is 25.1 Å². The summed E-state index contributed by atoms with van der Waals surface area (Å²) in [7, 11) is 0. The van der Waals surface area contributed by atoms with E-state index in [0.717, 1.165) is 44.0 Å². The first-order valence-electron chi connectivity index (χ1n) is 7.24. The highest BCUT2D eigenvalue weighted by atomic mass is 35.5. The van der Waals surface area contributed by atoms with Crippen LogP contribution in [0, 0.1) is 5.41 Å². The molecule has 19 heavy (non-hydrogen) atoms. The molecule has 0 aromatic heterocycles. The molecular weight excluding hydrogens is 258 g/mol. The normalized spacial score (nSPS) is 18.2. The van der Waals surface area contributed by atoms with Gasteiger partial charge in [-0.2, -0.15) is 0 Å². The Morgan fingerprint density at radius 1 is 1.32 bits per heavy atom. The molecule has 0 radical (unpaired) electrons. The van der Waals surface area contributed by atoms with Gasteiger partial charge >= 0.3 is 0 Å². The van der Waals surface area contributed by atoms with Crippen molar-refractivity contribution >= 4 is 11.6 Å². The highest BCUT2D eigenvalue weighted by Gasteiger charge is 2.26. The van der Waals surface area contributed by atoms with Gasteiger partial charge in [-0.3, -0.25) is 0 Å². The van der Waals surface area contributed by atoms with Crippen molar-refractivity contribution in [3.8, 4) is 5.75 Å². The van der Waals surface area contributed by atoms with Crippen LogP contribution >= 0.6 is 11.6 Å². The zero-order valence-electron chi connectivity index (χ0n) is 11.9. The first-order valence-corrected chi connectivity index (χ1v) is 7.77. The van der Waals surface area contributed by atoms with E-state index in [-0.39, 0.29) is 11.5 Å². The van der Waals surface area contributed by atoms with Crippen molar-refractivity contribution in [3.05, 3.63) is 29.8 Å². The summed E-state index contributed by atoms with van der Waals surface area (Å²) in [6.07, 6.45) is 3.51. The van der Waals surface area contributed by atoms with E-state index in [2.05, 4.69) is 37.4 Å². The zero-order valence-corrected chi connectivity index (χ0v) is 12.7. The van der Waals surface area contributed by atoms with Gasteiger partial charge in [0, 0.05) is 25.4 Å². The first kappa shape index (κ1) is 14.7. The summed E-state index contributed by atoms with van der Waals surface area (Å²) in [6.45, 7) is 6.30. The Kier molecular flexibility index (Phi) is 5.12. The van der Waals surface area contributed by atoms with Gasteiger partial charge in [0.05, 0.1) is 0 Å². The molecule has 0 bridgehead atoms. The molecule has 1 aliphatic rings. The summed E-state index contributed by atoms with van der Waals surface area (Å²) < 4.78 is 5.93. The molecule has 3 heteroatoms. The van der Waals surface area contributed by atoms with Crippen LogP contribution in [0.3, 0.4) is 0 Å². The number of para-hydroxylation sites is 1. The fraction of sp³-hybridized carbons (Fsp3) is 0.625. The molecule has 0 amide bonds. The molecule has 1 unspecified atom stereocenters. The Bertz CT molecular complexity index is 370. The lowest BCUT2D eigenvalue weighted by molar-refractivity contribution is 0.210. The fourth-order valence-electron chi connectivity index (χ4n) is 2.60. The van der Waals surface area contributed by atoms with Gasteiger partial charge in [0.2, 0.25) is 0 Å². The van der Waals surface area contributed by atoms with Gasteiger partial charge in [0.1, 0.15) is 11.9 Å². The summed E-state index contributed by atoms with van der Waals surface area (Å²) in [5, 5.41) is 3.55. The van der Waals surface area contributed by atoms with Gasteiger partial charge in [0.15, 0.2) is 0 Å². The molecule has 1 N–H and O–H groups in total. The Morgan fingerprint density at radius 2 is 2.05 bits per heavy atom. The van der Waals surface area contributed by atoms with E-state index in [9.17, 15) is 0 Å². The minimum absolute atomic E-state index is 0.229. The van der Waals surface area contributed by atoms with Gasteiger partial charge < -0.3 is 10.1 Å². The van der Waals surface area contributed by atoms with Crippen LogP contribution in [0.4, 0.5) is 0 Å². The average molecular weight is 282 g/mol. The van der Waals surface area contributed by atoms with Crippen LogP contribution in [-0.2, 0) is 6.42 Å². The van der Waals surface area contributed by atoms with Gasteiger partial charge in [-0.1, -0.05) is 32.0 Å². The standard InChI is InChI=1S/C16H24ClNO/c1-3-16(4-2,11-17)12-18-10-14-9-13-7-5-6-8-15(13)19-14/h5-8,14,18H,3-4,9-12H2,1-2H3. The van der Waals surface area contributed by atoms with Crippen molar-refractivity contribution in [1.29, 1.82) is 0 Å². The molecule has 0 spiro atoms. The fourth-order valence-corrected chi connectivity index (χ4v) is 3.07. The maximum Gasteiger partial charge on any atom is 0.123 e. The molecule has 2 rings (SSSR count). The molecule has 1 aliphatic heterocycles. The number of halogens is 1. The Morgan fingerprint density at radius 3 is 2.68 bits per heavy atom. The maximum absolute atomic E-state index is 6.12. The monoisotopic (exact) mass is 281 g/mol. The maximum atomic E-state index is 6.12. The van der Waals surface area contributed by atoms with E-state index < -0.39 is 0 Å². The predicted molar refractivity (Wildman–Crippen MR) is 81.2 cm³/mol. The van der Waals surface area contributed by atoms with Crippen molar-refractivity contribution in [3.63, 3.8) is 0 Å². The summed E-state index contributed by atoms with van der Waals surface area (Å²) in [5.74, 6) is 1.77. The smallest absolute Gasteiger partial charge is 0.123 e. The van der Waals surface area contributed by atoms with Crippen molar-refractivity contribution in [2.75, 3.05) is 19.0 Å². The summed E-state index contributed by atoms with van der Waals surface area (Å²) >= 11 is 6.12. The summed E-state index contributed by atoms with van der Waals surface area (Å²) in [4.78, 5) is 0. The third-order valence-corrected chi connectivity index (χ3v) is 4.94. The van der Waals surface area contributed by atoms with Crippen LogP contribution in [0.5, 0.6) is 5.75 Å². The molecule has 1 heterocycles. The van der Waals surface area contributed by atoms with Gasteiger partial charge in [-0.05, 0) is 29.9 Å². The molecule has 106 valence electrons. The van der Waals surface area contributed by atoms with Crippen molar-refractivity contribution < 1.29 is 4.74 Å². The SMILES string of the molecule is CCC(CC)(CCl)CNCC1Cc2ccccc2O1. The average Bonchev–Trinajstić information content (AvgIpc) is 2.87. The topological polar surface area (TPSA) is 21.3 Å². The number of hydrogen-bond donors (Lipinski definition) is 1. The molecule has 0 saturated carbocycles. The molecule has 1 atom stereocenters. The quantitative estimate of drug-likeness (QED) is 0.771. The largest absolute Gasteiger partial charge is 0.488 e. The number of benzene rings is 1. The highest BCUT2D eigenvalue weighted by molar-refractivity contribution is 6.18. The summed E-state index contributed by atoms with van der Waals surface area (Å²) in [6, 6.07) is 8.30. The number of alkyl halides is 1. The number of fused-ring (bicyclic) bond motifs is 1. The Hall–Kier alpha value is -0.730. The number of rotatable bonds is 7. The number of hydrogen-bond acceptors (Lipinski definition) is 2. The van der Waals surface area contributed by atoms with Crippen LogP contribution in [0.2, 0.25) is 0 Å². The lowest BCUT2D eigenvalue weighted by atomic mass is 9.84. The van der Waals surface area contributed by atoms with Crippen LogP contribution < -0.4 is 10.1 Å². The lowest BCUT2D eigenvalue weighted by Crippen LogP contribution is -2.39. The third-order valence-electron chi connectivity index (χ3n) is 4.37. The van der Waals surface area contributed by atoms with Gasteiger partial charge in [-0.15, -0.1) is 11.6 Å². The molecular formula is C16H24ClNO. The second-order valence-electron chi connectivity index (χ2n) is 5.52. The third kappa shape index (κ3) is 3.43. The highest BCUT2D eigenvalue weighted by Crippen LogP contribution is 2.29. The number of ether oxygens (including phenoxy) is 1. The van der Waals surface area contributed by atoms with Crippen molar-refractivity contribution in [2.45, 2.75) is 39.2 Å². The van der Waals surface area contributed by atoms with E-state index in [1.165, 1.54) is 5.56 Å². The minimum Gasteiger partial charge on any atom is -0.488 e.